The van der Waals surface area contributed by atoms with Gasteiger partial charge in [0.2, 0.25) is 0 Å². The predicted octanol–water partition coefficient (Wildman–Crippen LogP) is 6.75. The highest BCUT2D eigenvalue weighted by atomic mass is 35.5. The molecule has 1 unspecified atom stereocenters. The van der Waals surface area contributed by atoms with Crippen molar-refractivity contribution in [2.24, 2.45) is 0 Å². The van der Waals surface area contributed by atoms with Crippen LogP contribution in [0.5, 0.6) is 11.5 Å². The summed E-state index contributed by atoms with van der Waals surface area (Å²) >= 11 is 6.44. The van der Waals surface area contributed by atoms with Crippen molar-refractivity contribution in [3.05, 3.63) is 58.4 Å². The number of rotatable bonds is 8. The first-order chi connectivity index (χ1) is 15.8. The van der Waals surface area contributed by atoms with E-state index in [1.807, 2.05) is 6.92 Å². The number of benzene rings is 2. The lowest BCUT2D eigenvalue weighted by Gasteiger charge is -2.38. The van der Waals surface area contributed by atoms with Gasteiger partial charge in [0.15, 0.2) is 8.32 Å². The van der Waals surface area contributed by atoms with E-state index in [1.165, 1.54) is 12.1 Å². The topological polar surface area (TPSA) is 48.0 Å². The van der Waals surface area contributed by atoms with Gasteiger partial charge >= 0.3 is 0 Å². The van der Waals surface area contributed by atoms with Crippen LogP contribution >= 0.6 is 11.6 Å². The highest BCUT2D eigenvalue weighted by molar-refractivity contribution is 6.74. The highest BCUT2D eigenvalue weighted by Crippen LogP contribution is 2.40. The van der Waals surface area contributed by atoms with Crippen LogP contribution in [0.4, 0.5) is 4.39 Å². The number of hydrogen-bond donors (Lipinski definition) is 0. The predicted molar refractivity (Wildman–Crippen MR) is 136 cm³/mol. The van der Waals surface area contributed by atoms with Gasteiger partial charge in [-0.25, -0.2) is 4.39 Å². The number of halogens is 2. The Balaban J connectivity index is 1.80. The molecular weight excluding hydrogens is 473 g/mol. The number of methoxy groups -OCH3 is 1. The molecule has 34 heavy (non-hydrogen) atoms. The molecular formula is C26H35ClFNO4Si. The first kappa shape index (κ1) is 26.5. The van der Waals surface area contributed by atoms with Gasteiger partial charge in [-0.05, 0) is 73.4 Å². The Hall–Kier alpha value is -2.09. The van der Waals surface area contributed by atoms with Crippen LogP contribution in [0.3, 0.4) is 0 Å². The molecule has 1 amide bonds. The van der Waals surface area contributed by atoms with Crippen molar-refractivity contribution in [1.29, 1.82) is 0 Å². The molecule has 0 N–H and O–H groups in total. The molecule has 0 bridgehead atoms. The van der Waals surface area contributed by atoms with Crippen molar-refractivity contribution in [3.63, 3.8) is 0 Å². The number of hydrogen-bond acceptors (Lipinski definition) is 4. The van der Waals surface area contributed by atoms with Crippen molar-refractivity contribution in [2.45, 2.75) is 71.0 Å². The Bertz CT molecular complexity index is 1020. The summed E-state index contributed by atoms with van der Waals surface area (Å²) in [5.41, 5.74) is 1.30. The molecule has 2 aromatic carbocycles. The zero-order chi connectivity index (χ0) is 25.3. The van der Waals surface area contributed by atoms with Gasteiger partial charge in [-0.2, -0.15) is 0 Å². The fraction of sp³-hybridized carbons (Fsp3) is 0.500. The van der Waals surface area contributed by atoms with E-state index in [4.69, 9.17) is 25.5 Å². The SMILES string of the molecule is COc1ccc(OCc2c(Cl)cc(F)cc2[C@H](C)N2CCC(O[Si](C)(C)C(C)(C)C)C2=O)cc1. The molecule has 1 heterocycles. The molecule has 8 heteroatoms. The molecule has 1 aliphatic heterocycles. The lowest BCUT2D eigenvalue weighted by atomic mass is 10.0. The third kappa shape index (κ3) is 5.75. The van der Waals surface area contributed by atoms with Gasteiger partial charge in [-0.3, -0.25) is 4.79 Å². The zero-order valence-electron chi connectivity index (χ0n) is 21.1. The minimum atomic E-state index is -2.10. The van der Waals surface area contributed by atoms with Gasteiger partial charge in [-0.1, -0.05) is 32.4 Å². The van der Waals surface area contributed by atoms with Gasteiger partial charge in [0.25, 0.3) is 5.91 Å². The van der Waals surface area contributed by atoms with E-state index in [2.05, 4.69) is 33.9 Å². The smallest absolute Gasteiger partial charge is 0.251 e. The molecule has 0 spiro atoms. The van der Waals surface area contributed by atoms with E-state index in [-0.39, 0.29) is 28.6 Å². The maximum Gasteiger partial charge on any atom is 0.251 e. The summed E-state index contributed by atoms with van der Waals surface area (Å²) in [5.74, 6) is 0.865. The molecule has 0 aliphatic carbocycles. The van der Waals surface area contributed by atoms with Gasteiger partial charge < -0.3 is 18.8 Å². The average Bonchev–Trinajstić information content (AvgIpc) is 3.11. The number of carbonyl (C=O) groups excluding carboxylic acids is 1. The molecule has 3 rings (SSSR count). The number of carbonyl (C=O) groups is 1. The first-order valence-corrected chi connectivity index (χ1v) is 14.9. The van der Waals surface area contributed by atoms with E-state index in [1.54, 1.807) is 36.3 Å². The van der Waals surface area contributed by atoms with Crippen LogP contribution in [0.25, 0.3) is 0 Å². The molecule has 5 nitrogen and oxygen atoms in total. The summed E-state index contributed by atoms with van der Waals surface area (Å²) in [7, 11) is -0.498. The third-order valence-corrected chi connectivity index (χ3v) is 11.8. The van der Waals surface area contributed by atoms with E-state index in [0.29, 0.717) is 29.8 Å². The summed E-state index contributed by atoms with van der Waals surface area (Å²) in [6, 6.07) is 9.55. The fourth-order valence-corrected chi connectivity index (χ4v) is 5.40. The normalized spacial score (nSPS) is 17.7. The maximum absolute atomic E-state index is 14.4. The van der Waals surface area contributed by atoms with Gasteiger partial charge in [0, 0.05) is 12.1 Å². The van der Waals surface area contributed by atoms with Crippen LogP contribution in [0.15, 0.2) is 36.4 Å². The molecule has 2 aromatic rings. The second-order valence-electron chi connectivity index (χ2n) is 10.3. The van der Waals surface area contributed by atoms with Crippen molar-refractivity contribution in [3.8, 4) is 11.5 Å². The monoisotopic (exact) mass is 507 g/mol. The minimum Gasteiger partial charge on any atom is -0.497 e. The molecule has 0 radical (unpaired) electrons. The third-order valence-electron chi connectivity index (χ3n) is 6.99. The van der Waals surface area contributed by atoms with Gasteiger partial charge in [0.05, 0.1) is 18.2 Å². The van der Waals surface area contributed by atoms with Crippen LogP contribution in [0, 0.1) is 5.82 Å². The minimum absolute atomic E-state index is 0.00830. The summed E-state index contributed by atoms with van der Waals surface area (Å²) in [6.45, 7) is 13.4. The second kappa shape index (κ2) is 10.3. The number of nitrogens with zero attached hydrogens (tertiary/aromatic N) is 1. The van der Waals surface area contributed by atoms with Crippen molar-refractivity contribution in [2.75, 3.05) is 13.7 Å². The van der Waals surface area contributed by atoms with Crippen LogP contribution < -0.4 is 9.47 Å². The molecule has 1 aliphatic rings. The average molecular weight is 508 g/mol. The first-order valence-electron chi connectivity index (χ1n) is 11.6. The molecule has 0 aromatic heterocycles. The molecule has 0 saturated carbocycles. The lowest BCUT2D eigenvalue weighted by molar-refractivity contribution is -0.135. The summed E-state index contributed by atoms with van der Waals surface area (Å²) in [4.78, 5) is 15.1. The molecule has 186 valence electrons. The van der Waals surface area contributed by atoms with E-state index >= 15 is 0 Å². The maximum atomic E-state index is 14.4. The number of likely N-dealkylation sites (tertiary alicyclic amines) is 1. The van der Waals surface area contributed by atoms with Gasteiger partial charge in [0.1, 0.15) is 30.0 Å². The Morgan fingerprint density at radius 3 is 2.38 bits per heavy atom. The number of ether oxygens (including phenoxy) is 2. The number of amides is 1. The molecule has 2 atom stereocenters. The van der Waals surface area contributed by atoms with Crippen molar-refractivity contribution < 1.29 is 23.1 Å². The quantitative estimate of drug-likeness (QED) is 0.371. The van der Waals surface area contributed by atoms with Crippen LogP contribution in [0.2, 0.25) is 23.2 Å². The lowest BCUT2D eigenvalue weighted by Crippen LogP contribution is -2.46. The molecule has 1 saturated heterocycles. The fourth-order valence-electron chi connectivity index (χ4n) is 3.84. The Morgan fingerprint density at radius 2 is 1.79 bits per heavy atom. The van der Waals surface area contributed by atoms with Crippen molar-refractivity contribution in [1.82, 2.24) is 4.90 Å². The van der Waals surface area contributed by atoms with E-state index in [9.17, 15) is 9.18 Å². The van der Waals surface area contributed by atoms with Gasteiger partial charge in [-0.15, -0.1) is 0 Å². The van der Waals surface area contributed by atoms with Crippen LogP contribution in [-0.2, 0) is 15.8 Å². The van der Waals surface area contributed by atoms with Crippen molar-refractivity contribution >= 4 is 25.8 Å². The highest BCUT2D eigenvalue weighted by Gasteiger charge is 2.44. The van der Waals surface area contributed by atoms with Crippen LogP contribution in [0.1, 0.15) is 51.3 Å². The summed E-state index contributed by atoms with van der Waals surface area (Å²) < 4.78 is 31.9. The summed E-state index contributed by atoms with van der Waals surface area (Å²) in [6.07, 6.45) is 0.155. The summed E-state index contributed by atoms with van der Waals surface area (Å²) in [5, 5.41) is 0.282. The van der Waals surface area contributed by atoms with Crippen LogP contribution in [-0.4, -0.2) is 38.9 Å². The standard InChI is InChI=1S/C26H35ClFNO4Si/c1-17(29-13-12-24(25(29)30)33-34(6,7)26(2,3)4)21-14-18(28)15-23(27)22(21)16-32-20-10-8-19(31-5)9-11-20/h8-11,14-15,17,24H,12-13,16H2,1-7H3/t17-,24?/m0/s1. The molecule has 1 fully saturated rings. The largest absolute Gasteiger partial charge is 0.497 e. The zero-order valence-corrected chi connectivity index (χ0v) is 22.8. The Labute approximate surface area is 208 Å². The van der Waals surface area contributed by atoms with E-state index < -0.39 is 20.2 Å². The Morgan fingerprint density at radius 1 is 1.18 bits per heavy atom. The van der Waals surface area contributed by atoms with E-state index in [0.717, 1.165) is 5.75 Å². The Kier molecular flexibility index (Phi) is 8.00. The second-order valence-corrected chi connectivity index (χ2v) is 15.4.